The predicted octanol–water partition coefficient (Wildman–Crippen LogP) is 2.42. The number of carbonyl (C=O) groups excluding carboxylic acids is 1. The van der Waals surface area contributed by atoms with Crippen molar-refractivity contribution in [2.75, 3.05) is 13.7 Å². The Kier molecular flexibility index (Phi) is 8.09. The fourth-order valence-corrected chi connectivity index (χ4v) is 4.78. The Morgan fingerprint density at radius 2 is 2.12 bits per heavy atom. The van der Waals surface area contributed by atoms with Gasteiger partial charge in [0.25, 0.3) is 5.56 Å². The monoisotopic (exact) mass is 543 g/mol. The number of H-pyrrole nitrogens is 1. The van der Waals surface area contributed by atoms with Gasteiger partial charge in [-0.3, -0.25) is 23.7 Å². The summed E-state index contributed by atoms with van der Waals surface area (Å²) in [5.74, 6) is -0.408. The van der Waals surface area contributed by atoms with Crippen molar-refractivity contribution in [2.45, 2.75) is 32.2 Å². The molecule has 2 N–H and O–H groups in total. The molecule has 0 fully saturated rings. The second-order valence-electron chi connectivity index (χ2n) is 7.14. The maximum Gasteiger partial charge on any atom is 0.459 e. The van der Waals surface area contributed by atoms with Crippen molar-refractivity contribution in [3.63, 3.8) is 0 Å². The Morgan fingerprint density at radius 1 is 1.36 bits per heavy atom. The average Bonchev–Trinajstić information content (AvgIpc) is 3.23. The van der Waals surface area contributed by atoms with Crippen LogP contribution >= 0.6 is 23.7 Å². The number of aryl methyl sites for hydroxylation is 1. The summed E-state index contributed by atoms with van der Waals surface area (Å²) in [5, 5.41) is 2.55. The number of aromatic nitrogens is 2. The number of rotatable bonds is 9. The highest BCUT2D eigenvalue weighted by Gasteiger charge is 2.34. The summed E-state index contributed by atoms with van der Waals surface area (Å²) in [5.41, 5.74) is -0.757. The van der Waals surface area contributed by atoms with Gasteiger partial charge in [0.1, 0.15) is 17.9 Å². The first-order chi connectivity index (χ1) is 15.6. The topological polar surface area (TPSA) is 138 Å². The first kappa shape index (κ1) is 25.1. The van der Waals surface area contributed by atoms with Crippen LogP contribution in [0.4, 0.5) is 0 Å². The van der Waals surface area contributed by atoms with E-state index in [2.05, 4.69) is 30.7 Å². The number of ether oxygens (including phenoxy) is 2. The van der Waals surface area contributed by atoms with Gasteiger partial charge in [-0.2, -0.15) is 5.09 Å². The minimum absolute atomic E-state index is 0.212. The number of benzene rings is 1. The highest BCUT2D eigenvalue weighted by molar-refractivity contribution is 9.10. The molecule has 0 radical (unpaired) electrons. The maximum absolute atomic E-state index is 13.4. The third-order valence-electron chi connectivity index (χ3n) is 4.56. The number of aromatic amines is 1. The number of hydrogen-bond acceptors (Lipinski definition) is 8. The molecule has 0 aliphatic carbocycles. The van der Waals surface area contributed by atoms with Gasteiger partial charge in [0, 0.05) is 16.2 Å². The molecular formula is C20H23BrN3O8P. The van der Waals surface area contributed by atoms with Crippen LogP contribution in [0, 0.1) is 6.92 Å². The Morgan fingerprint density at radius 3 is 2.82 bits per heavy atom. The molecule has 1 aromatic carbocycles. The predicted molar refractivity (Wildman–Crippen MR) is 122 cm³/mol. The van der Waals surface area contributed by atoms with E-state index in [4.69, 9.17) is 13.8 Å². The molecule has 0 amide bonds. The van der Waals surface area contributed by atoms with E-state index >= 15 is 0 Å². The van der Waals surface area contributed by atoms with Gasteiger partial charge in [0.05, 0.1) is 13.7 Å². The molecule has 4 atom stereocenters. The molecule has 33 heavy (non-hydrogen) atoms. The molecule has 3 unspecified atom stereocenters. The van der Waals surface area contributed by atoms with Crippen LogP contribution in [0.15, 0.2) is 56.7 Å². The van der Waals surface area contributed by atoms with Crippen molar-refractivity contribution in [3.8, 4) is 5.75 Å². The Labute approximate surface area is 197 Å². The van der Waals surface area contributed by atoms with Gasteiger partial charge < -0.3 is 14.0 Å². The molecule has 0 saturated carbocycles. The van der Waals surface area contributed by atoms with Gasteiger partial charge in [-0.05, 0) is 38.1 Å². The first-order valence-corrected chi connectivity index (χ1v) is 12.1. The SMILES string of the molecule is COC(=O)[C@H](C)NP(=O)(OCC1C=CC(n2cc(C)c(=O)[nH]c2=O)O1)Oc1cccc(Br)c1. The van der Waals surface area contributed by atoms with Crippen LogP contribution in [-0.4, -0.2) is 41.4 Å². The lowest BCUT2D eigenvalue weighted by atomic mass is 10.3. The molecule has 2 heterocycles. The van der Waals surface area contributed by atoms with Gasteiger partial charge in [-0.15, -0.1) is 0 Å². The molecule has 3 rings (SSSR count). The third kappa shape index (κ3) is 6.52. The minimum Gasteiger partial charge on any atom is -0.468 e. The van der Waals surface area contributed by atoms with E-state index < -0.39 is 43.3 Å². The molecule has 2 aromatic rings. The zero-order chi connectivity index (χ0) is 24.2. The second-order valence-corrected chi connectivity index (χ2v) is 9.75. The normalized spacial score (nSPS) is 20.2. The largest absolute Gasteiger partial charge is 0.468 e. The number of halogens is 1. The van der Waals surface area contributed by atoms with Crippen LogP contribution in [0.25, 0.3) is 0 Å². The summed E-state index contributed by atoms with van der Waals surface area (Å²) in [4.78, 5) is 37.7. The number of nitrogens with one attached hydrogen (secondary N) is 2. The van der Waals surface area contributed by atoms with Gasteiger partial charge in [-0.1, -0.05) is 28.1 Å². The lowest BCUT2D eigenvalue weighted by Crippen LogP contribution is -2.35. The van der Waals surface area contributed by atoms with Crippen LogP contribution in [-0.2, 0) is 23.4 Å². The maximum atomic E-state index is 13.4. The smallest absolute Gasteiger partial charge is 0.459 e. The summed E-state index contributed by atoms with van der Waals surface area (Å²) in [7, 11) is -2.85. The van der Waals surface area contributed by atoms with E-state index in [1.807, 2.05) is 0 Å². The summed E-state index contributed by atoms with van der Waals surface area (Å²) in [6, 6.07) is 5.64. The zero-order valence-electron chi connectivity index (χ0n) is 18.0. The van der Waals surface area contributed by atoms with Gasteiger partial charge in [-0.25, -0.2) is 9.36 Å². The molecule has 1 aromatic heterocycles. The van der Waals surface area contributed by atoms with Crippen molar-refractivity contribution in [3.05, 3.63) is 73.5 Å². The second kappa shape index (κ2) is 10.6. The summed E-state index contributed by atoms with van der Waals surface area (Å²) in [6.07, 6.45) is 3.17. The number of esters is 1. The van der Waals surface area contributed by atoms with Gasteiger partial charge >= 0.3 is 19.4 Å². The van der Waals surface area contributed by atoms with Crippen LogP contribution in [0.5, 0.6) is 5.75 Å². The molecular weight excluding hydrogens is 521 g/mol. The molecule has 0 bridgehead atoms. The number of methoxy groups -OCH3 is 1. The highest BCUT2D eigenvalue weighted by Crippen LogP contribution is 2.45. The van der Waals surface area contributed by atoms with Crippen LogP contribution < -0.4 is 20.9 Å². The fraction of sp³-hybridized carbons (Fsp3) is 0.350. The molecule has 0 spiro atoms. The quantitative estimate of drug-likeness (QED) is 0.277. The number of nitrogens with zero attached hydrogens (tertiary/aromatic N) is 1. The molecule has 1 aliphatic rings. The van der Waals surface area contributed by atoms with Crippen LogP contribution in [0.1, 0.15) is 18.7 Å². The van der Waals surface area contributed by atoms with Crippen molar-refractivity contribution in [1.82, 2.24) is 14.6 Å². The Hall–Kier alpha value is -2.50. The summed E-state index contributed by atoms with van der Waals surface area (Å²) in [6.45, 7) is 2.81. The van der Waals surface area contributed by atoms with Crippen molar-refractivity contribution in [2.24, 2.45) is 0 Å². The first-order valence-electron chi connectivity index (χ1n) is 9.81. The van der Waals surface area contributed by atoms with E-state index in [9.17, 15) is 18.9 Å². The molecule has 1 aliphatic heterocycles. The van der Waals surface area contributed by atoms with Crippen LogP contribution in [0.2, 0.25) is 0 Å². The lowest BCUT2D eigenvalue weighted by molar-refractivity contribution is -0.142. The zero-order valence-corrected chi connectivity index (χ0v) is 20.5. The molecule has 11 nitrogen and oxygen atoms in total. The van der Waals surface area contributed by atoms with Gasteiger partial charge in [0.2, 0.25) is 0 Å². The van der Waals surface area contributed by atoms with E-state index in [1.165, 1.54) is 24.8 Å². The highest BCUT2D eigenvalue weighted by atomic mass is 79.9. The standard InChI is InChI=1S/C20H23BrN3O8P/c1-12-10-24(20(27)22-18(12)25)17-8-7-16(31-17)11-30-33(28,23-13(2)19(26)29-3)32-15-6-4-5-14(21)9-15/h4-10,13,16-17H,11H2,1-3H3,(H,23,28)(H,22,25,27)/t13-,16?,17?,33?/m0/s1. The van der Waals surface area contributed by atoms with E-state index in [1.54, 1.807) is 43.3 Å². The van der Waals surface area contributed by atoms with Crippen molar-refractivity contribution < 1.29 is 27.9 Å². The number of hydrogen-bond donors (Lipinski definition) is 2. The molecule has 0 saturated heterocycles. The van der Waals surface area contributed by atoms with Crippen molar-refractivity contribution in [1.29, 1.82) is 0 Å². The van der Waals surface area contributed by atoms with Crippen LogP contribution in [0.3, 0.4) is 0 Å². The number of carbonyl (C=O) groups is 1. The average molecular weight is 544 g/mol. The van der Waals surface area contributed by atoms with Crippen molar-refractivity contribution >= 4 is 29.6 Å². The summed E-state index contributed by atoms with van der Waals surface area (Å²) >= 11 is 3.31. The molecule has 178 valence electrons. The van der Waals surface area contributed by atoms with E-state index in [0.29, 0.717) is 10.0 Å². The van der Waals surface area contributed by atoms with E-state index in [-0.39, 0.29) is 12.4 Å². The summed E-state index contributed by atoms with van der Waals surface area (Å²) < 4.78 is 36.9. The Balaban J connectivity index is 1.71. The minimum atomic E-state index is -4.05. The molecule has 13 heteroatoms. The third-order valence-corrected chi connectivity index (χ3v) is 6.70. The Bertz CT molecular complexity index is 1210. The van der Waals surface area contributed by atoms with E-state index in [0.717, 1.165) is 0 Å². The van der Waals surface area contributed by atoms with Gasteiger partial charge in [0.15, 0.2) is 6.23 Å². The lowest BCUT2D eigenvalue weighted by Gasteiger charge is -2.24. The fourth-order valence-electron chi connectivity index (χ4n) is 2.91.